The second-order valence-electron chi connectivity index (χ2n) is 2.42. The van der Waals surface area contributed by atoms with Gasteiger partial charge >= 0.3 is 5.97 Å². The standard InChI is InChI=1S/C9H10ClNO2/c1-2-13-9(12)8-6(10)4-3-5-7(8)11/h3-5H,2,11H2,1H3. The number of carbonyl (C=O) groups excluding carboxylic acids is 1. The quantitative estimate of drug-likeness (QED) is 0.586. The number of rotatable bonds is 2. The fourth-order valence-electron chi connectivity index (χ4n) is 0.959. The van der Waals surface area contributed by atoms with Crippen molar-refractivity contribution in [1.29, 1.82) is 0 Å². The Bertz CT molecular complexity index is 305. The highest BCUT2D eigenvalue weighted by molar-refractivity contribution is 6.34. The van der Waals surface area contributed by atoms with Crippen molar-refractivity contribution in [2.75, 3.05) is 12.3 Å². The molecule has 1 aromatic carbocycles. The molecule has 0 aromatic heterocycles. The third-order valence-electron chi connectivity index (χ3n) is 1.53. The smallest absolute Gasteiger partial charge is 0.341 e. The number of ether oxygens (including phenoxy) is 1. The van der Waals surface area contributed by atoms with Crippen molar-refractivity contribution in [3.8, 4) is 0 Å². The molecule has 0 aliphatic heterocycles. The average molecular weight is 200 g/mol. The lowest BCUT2D eigenvalue weighted by atomic mass is 10.2. The van der Waals surface area contributed by atoms with E-state index in [1.54, 1.807) is 25.1 Å². The number of halogens is 1. The molecule has 0 saturated carbocycles. The summed E-state index contributed by atoms with van der Waals surface area (Å²) in [6.07, 6.45) is 0. The Labute approximate surface area is 81.4 Å². The van der Waals surface area contributed by atoms with Gasteiger partial charge in [-0.1, -0.05) is 17.7 Å². The van der Waals surface area contributed by atoms with Gasteiger partial charge < -0.3 is 10.5 Å². The summed E-state index contributed by atoms with van der Waals surface area (Å²) in [6.45, 7) is 2.04. The molecule has 2 N–H and O–H groups in total. The summed E-state index contributed by atoms with van der Waals surface area (Å²) in [6, 6.07) is 4.89. The Morgan fingerprint density at radius 2 is 2.31 bits per heavy atom. The number of hydrogen-bond donors (Lipinski definition) is 1. The molecule has 1 rings (SSSR count). The summed E-state index contributed by atoms with van der Waals surface area (Å²) in [7, 11) is 0. The maximum absolute atomic E-state index is 11.3. The number of hydrogen-bond acceptors (Lipinski definition) is 3. The van der Waals surface area contributed by atoms with Gasteiger partial charge in [0.15, 0.2) is 0 Å². The molecule has 13 heavy (non-hydrogen) atoms. The van der Waals surface area contributed by atoms with Crippen LogP contribution < -0.4 is 5.73 Å². The minimum atomic E-state index is -0.481. The van der Waals surface area contributed by atoms with Gasteiger partial charge in [0.05, 0.1) is 11.6 Å². The molecule has 4 heteroatoms. The van der Waals surface area contributed by atoms with E-state index in [1.807, 2.05) is 0 Å². The Balaban J connectivity index is 3.05. The minimum Gasteiger partial charge on any atom is -0.462 e. The summed E-state index contributed by atoms with van der Waals surface area (Å²) >= 11 is 5.78. The molecule has 0 aliphatic rings. The fraction of sp³-hybridized carbons (Fsp3) is 0.222. The van der Waals surface area contributed by atoms with Crippen molar-refractivity contribution in [2.24, 2.45) is 0 Å². The molecule has 1 aromatic rings. The molecule has 0 fully saturated rings. The lowest BCUT2D eigenvalue weighted by molar-refractivity contribution is 0.0528. The molecule has 0 heterocycles. The topological polar surface area (TPSA) is 52.3 Å². The molecule has 70 valence electrons. The first-order valence-electron chi connectivity index (χ1n) is 3.88. The molecule has 0 atom stereocenters. The van der Waals surface area contributed by atoms with Crippen LogP contribution in [0.25, 0.3) is 0 Å². The molecule has 0 radical (unpaired) electrons. The Hall–Kier alpha value is -1.22. The van der Waals surface area contributed by atoms with Crippen molar-refractivity contribution in [3.05, 3.63) is 28.8 Å². The third-order valence-corrected chi connectivity index (χ3v) is 1.84. The molecule has 0 unspecified atom stereocenters. The Morgan fingerprint density at radius 3 is 2.85 bits per heavy atom. The monoisotopic (exact) mass is 199 g/mol. The average Bonchev–Trinajstić information content (AvgIpc) is 2.04. The van der Waals surface area contributed by atoms with E-state index < -0.39 is 5.97 Å². The highest BCUT2D eigenvalue weighted by Crippen LogP contribution is 2.22. The largest absolute Gasteiger partial charge is 0.462 e. The number of benzene rings is 1. The zero-order chi connectivity index (χ0) is 9.84. The first-order valence-corrected chi connectivity index (χ1v) is 4.25. The molecular weight excluding hydrogens is 190 g/mol. The van der Waals surface area contributed by atoms with Crippen LogP contribution in [0, 0.1) is 0 Å². The van der Waals surface area contributed by atoms with E-state index >= 15 is 0 Å². The van der Waals surface area contributed by atoms with Gasteiger partial charge in [-0.25, -0.2) is 4.79 Å². The van der Waals surface area contributed by atoms with Crippen molar-refractivity contribution in [3.63, 3.8) is 0 Å². The van der Waals surface area contributed by atoms with E-state index in [-0.39, 0.29) is 5.56 Å². The minimum absolute atomic E-state index is 0.242. The third kappa shape index (κ3) is 2.12. The van der Waals surface area contributed by atoms with E-state index in [4.69, 9.17) is 22.1 Å². The number of anilines is 1. The van der Waals surface area contributed by atoms with Crippen molar-refractivity contribution >= 4 is 23.3 Å². The number of nitrogens with two attached hydrogens (primary N) is 1. The summed E-state index contributed by atoms with van der Waals surface area (Å²) in [5.74, 6) is -0.481. The van der Waals surface area contributed by atoms with Gasteiger partial charge in [0, 0.05) is 5.69 Å². The summed E-state index contributed by atoms with van der Waals surface area (Å²) in [5.41, 5.74) is 6.15. The van der Waals surface area contributed by atoms with Crippen LogP contribution >= 0.6 is 11.6 Å². The predicted molar refractivity (Wildman–Crippen MR) is 51.8 cm³/mol. The van der Waals surface area contributed by atoms with Crippen molar-refractivity contribution in [1.82, 2.24) is 0 Å². The van der Waals surface area contributed by atoms with Crippen LogP contribution in [0.3, 0.4) is 0 Å². The normalized spacial score (nSPS) is 9.69. The summed E-state index contributed by atoms with van der Waals surface area (Å²) < 4.78 is 4.79. The second-order valence-corrected chi connectivity index (χ2v) is 2.83. The van der Waals surface area contributed by atoms with Crippen LogP contribution in [0.1, 0.15) is 17.3 Å². The first kappa shape index (κ1) is 9.86. The van der Waals surface area contributed by atoms with Gasteiger partial charge in [0.25, 0.3) is 0 Å². The van der Waals surface area contributed by atoms with Crippen LogP contribution in [0.4, 0.5) is 5.69 Å². The molecule has 0 aliphatic carbocycles. The molecule has 0 bridgehead atoms. The molecule has 0 amide bonds. The number of carbonyl (C=O) groups is 1. The first-order chi connectivity index (χ1) is 6.16. The Kier molecular flexibility index (Phi) is 3.14. The van der Waals surface area contributed by atoms with E-state index in [0.29, 0.717) is 17.3 Å². The van der Waals surface area contributed by atoms with Crippen LogP contribution in [0.5, 0.6) is 0 Å². The fourth-order valence-corrected chi connectivity index (χ4v) is 1.22. The molecule has 3 nitrogen and oxygen atoms in total. The zero-order valence-corrected chi connectivity index (χ0v) is 7.97. The van der Waals surface area contributed by atoms with Gasteiger partial charge in [0.2, 0.25) is 0 Å². The zero-order valence-electron chi connectivity index (χ0n) is 7.21. The number of esters is 1. The molecular formula is C9H10ClNO2. The van der Waals surface area contributed by atoms with E-state index in [2.05, 4.69) is 0 Å². The lowest BCUT2D eigenvalue weighted by Crippen LogP contribution is -2.08. The second kappa shape index (κ2) is 4.14. The van der Waals surface area contributed by atoms with Gasteiger partial charge in [-0.15, -0.1) is 0 Å². The van der Waals surface area contributed by atoms with Crippen LogP contribution in [0.2, 0.25) is 5.02 Å². The van der Waals surface area contributed by atoms with E-state index in [1.165, 1.54) is 0 Å². The SMILES string of the molecule is CCOC(=O)c1c(N)cccc1Cl. The highest BCUT2D eigenvalue weighted by atomic mass is 35.5. The Morgan fingerprint density at radius 1 is 1.62 bits per heavy atom. The van der Waals surface area contributed by atoms with Crippen LogP contribution in [-0.4, -0.2) is 12.6 Å². The maximum Gasteiger partial charge on any atom is 0.341 e. The van der Waals surface area contributed by atoms with Crippen LogP contribution in [-0.2, 0) is 4.74 Å². The van der Waals surface area contributed by atoms with E-state index in [9.17, 15) is 4.79 Å². The van der Waals surface area contributed by atoms with Gasteiger partial charge in [-0.3, -0.25) is 0 Å². The summed E-state index contributed by atoms with van der Waals surface area (Å²) in [5, 5.41) is 0.318. The van der Waals surface area contributed by atoms with Crippen molar-refractivity contribution in [2.45, 2.75) is 6.92 Å². The van der Waals surface area contributed by atoms with Crippen LogP contribution in [0.15, 0.2) is 18.2 Å². The maximum atomic E-state index is 11.3. The van der Waals surface area contributed by atoms with Gasteiger partial charge in [-0.05, 0) is 19.1 Å². The van der Waals surface area contributed by atoms with Gasteiger partial charge in [0.1, 0.15) is 5.56 Å². The molecule has 0 saturated heterocycles. The highest BCUT2D eigenvalue weighted by Gasteiger charge is 2.14. The predicted octanol–water partition coefficient (Wildman–Crippen LogP) is 2.10. The van der Waals surface area contributed by atoms with E-state index in [0.717, 1.165) is 0 Å². The lowest BCUT2D eigenvalue weighted by Gasteiger charge is -2.06. The number of nitrogen functional groups attached to an aromatic ring is 1. The molecule has 0 spiro atoms. The van der Waals surface area contributed by atoms with Gasteiger partial charge in [-0.2, -0.15) is 0 Å². The van der Waals surface area contributed by atoms with Crippen molar-refractivity contribution < 1.29 is 9.53 Å². The summed E-state index contributed by atoms with van der Waals surface area (Å²) in [4.78, 5) is 11.3.